The minimum Gasteiger partial charge on any atom is -0.478 e. The van der Waals surface area contributed by atoms with Crippen LogP contribution in [0.2, 0.25) is 0 Å². The highest BCUT2D eigenvalue weighted by molar-refractivity contribution is 5.88. The fraction of sp³-hybridized carbons (Fsp3) is 0.0625. The van der Waals surface area contributed by atoms with Gasteiger partial charge in [0, 0.05) is 5.56 Å². The van der Waals surface area contributed by atoms with Crippen molar-refractivity contribution in [1.82, 2.24) is 15.0 Å². The minimum absolute atomic E-state index is 0.222. The number of hydrogen-bond acceptors (Lipinski definition) is 3. The molecule has 0 unspecified atom stereocenters. The van der Waals surface area contributed by atoms with Crippen molar-refractivity contribution in [2.24, 2.45) is 0 Å². The van der Waals surface area contributed by atoms with E-state index in [0.29, 0.717) is 5.69 Å². The third kappa shape index (κ3) is 2.67. The van der Waals surface area contributed by atoms with Crippen molar-refractivity contribution >= 4 is 5.97 Å². The minimum atomic E-state index is -0.962. The van der Waals surface area contributed by atoms with Gasteiger partial charge in [-0.05, 0) is 25.1 Å². The summed E-state index contributed by atoms with van der Waals surface area (Å²) in [6, 6.07) is 14.6. The first-order valence-corrected chi connectivity index (χ1v) is 6.46. The highest BCUT2D eigenvalue weighted by Gasteiger charge is 2.08. The summed E-state index contributed by atoms with van der Waals surface area (Å²) in [5.41, 5.74) is 3.79. The van der Waals surface area contributed by atoms with Crippen LogP contribution in [-0.4, -0.2) is 26.1 Å². The quantitative estimate of drug-likeness (QED) is 0.800. The van der Waals surface area contributed by atoms with Gasteiger partial charge in [-0.1, -0.05) is 41.1 Å². The summed E-state index contributed by atoms with van der Waals surface area (Å²) >= 11 is 0. The normalized spacial score (nSPS) is 10.5. The van der Waals surface area contributed by atoms with E-state index in [9.17, 15) is 4.79 Å². The van der Waals surface area contributed by atoms with Crippen molar-refractivity contribution in [2.45, 2.75) is 6.92 Å². The molecule has 0 saturated heterocycles. The predicted molar refractivity (Wildman–Crippen MR) is 78.5 cm³/mol. The summed E-state index contributed by atoms with van der Waals surface area (Å²) in [4.78, 5) is 11.0. The lowest BCUT2D eigenvalue weighted by Crippen LogP contribution is -2.00. The Balaban J connectivity index is 1.96. The third-order valence-electron chi connectivity index (χ3n) is 3.20. The molecule has 0 fully saturated rings. The van der Waals surface area contributed by atoms with Crippen LogP contribution < -0.4 is 0 Å². The molecule has 0 aliphatic rings. The van der Waals surface area contributed by atoms with Crippen molar-refractivity contribution in [2.75, 3.05) is 0 Å². The predicted octanol–water partition coefficient (Wildman–Crippen LogP) is 2.94. The molecule has 0 saturated carbocycles. The summed E-state index contributed by atoms with van der Waals surface area (Å²) in [7, 11) is 0. The Bertz CT molecular complexity index is 791. The molecule has 0 aliphatic heterocycles. The molecule has 104 valence electrons. The molecule has 0 atom stereocenters. The number of hydrogen-bond donors (Lipinski definition) is 1. The number of carbonyl (C=O) groups is 1. The van der Waals surface area contributed by atoms with Gasteiger partial charge in [0.2, 0.25) is 0 Å². The number of carboxylic acid groups (broad SMARTS) is 1. The molecule has 2 aromatic carbocycles. The standard InChI is InChI=1S/C16H13N3O2/c1-11-5-7-12(8-6-11)15-10-19(18-17-15)14-4-2-3-13(9-14)16(20)21/h2-10H,1H3,(H,20,21). The smallest absolute Gasteiger partial charge is 0.335 e. The van der Waals surface area contributed by atoms with Gasteiger partial charge in [-0.2, -0.15) is 0 Å². The fourth-order valence-electron chi connectivity index (χ4n) is 2.03. The molecule has 0 spiro atoms. The van der Waals surface area contributed by atoms with E-state index in [4.69, 9.17) is 5.11 Å². The molecular formula is C16H13N3O2. The monoisotopic (exact) mass is 279 g/mol. The van der Waals surface area contributed by atoms with Gasteiger partial charge in [-0.15, -0.1) is 5.10 Å². The fourth-order valence-corrected chi connectivity index (χ4v) is 2.03. The molecule has 21 heavy (non-hydrogen) atoms. The molecule has 5 nitrogen and oxygen atoms in total. The van der Waals surface area contributed by atoms with Gasteiger partial charge in [0.25, 0.3) is 0 Å². The first-order valence-electron chi connectivity index (χ1n) is 6.46. The maximum absolute atomic E-state index is 11.0. The lowest BCUT2D eigenvalue weighted by molar-refractivity contribution is 0.0697. The maximum Gasteiger partial charge on any atom is 0.335 e. The van der Waals surface area contributed by atoms with Gasteiger partial charge in [0.15, 0.2) is 0 Å². The van der Waals surface area contributed by atoms with Gasteiger partial charge in [-0.3, -0.25) is 0 Å². The zero-order valence-corrected chi connectivity index (χ0v) is 11.4. The number of rotatable bonds is 3. The van der Waals surface area contributed by atoms with Crippen LogP contribution in [0.5, 0.6) is 0 Å². The molecule has 3 rings (SSSR count). The summed E-state index contributed by atoms with van der Waals surface area (Å²) in [5.74, 6) is -0.962. The van der Waals surface area contributed by atoms with Gasteiger partial charge in [0.05, 0.1) is 17.4 Å². The first-order chi connectivity index (χ1) is 10.1. The molecule has 1 N–H and O–H groups in total. The number of aromatic nitrogens is 3. The summed E-state index contributed by atoms with van der Waals surface area (Å²) in [5, 5.41) is 17.2. The van der Waals surface area contributed by atoms with E-state index in [-0.39, 0.29) is 5.56 Å². The molecule has 0 aliphatic carbocycles. The SMILES string of the molecule is Cc1ccc(-c2cn(-c3cccc(C(=O)O)c3)nn2)cc1. The molecule has 1 heterocycles. The second-order valence-electron chi connectivity index (χ2n) is 4.77. The molecule has 5 heteroatoms. The number of aryl methyl sites for hydroxylation is 1. The zero-order chi connectivity index (χ0) is 14.8. The van der Waals surface area contributed by atoms with Crippen molar-refractivity contribution < 1.29 is 9.90 Å². The van der Waals surface area contributed by atoms with Crippen molar-refractivity contribution in [3.8, 4) is 16.9 Å². The Kier molecular flexibility index (Phi) is 3.23. The van der Waals surface area contributed by atoms with E-state index in [2.05, 4.69) is 10.3 Å². The Morgan fingerprint density at radius 2 is 1.90 bits per heavy atom. The molecule has 1 aromatic heterocycles. The van der Waals surface area contributed by atoms with Crippen LogP contribution in [-0.2, 0) is 0 Å². The van der Waals surface area contributed by atoms with E-state index in [1.165, 1.54) is 5.56 Å². The van der Waals surface area contributed by atoms with E-state index in [1.54, 1.807) is 35.1 Å². The number of carboxylic acids is 1. The second kappa shape index (κ2) is 5.20. The van der Waals surface area contributed by atoms with Gasteiger partial charge < -0.3 is 5.11 Å². The van der Waals surface area contributed by atoms with Crippen LogP contribution in [0, 0.1) is 6.92 Å². The lowest BCUT2D eigenvalue weighted by atomic mass is 10.1. The van der Waals surface area contributed by atoms with Crippen LogP contribution in [0.3, 0.4) is 0 Å². The largest absolute Gasteiger partial charge is 0.478 e. The Morgan fingerprint density at radius 3 is 2.62 bits per heavy atom. The van der Waals surface area contributed by atoms with E-state index < -0.39 is 5.97 Å². The van der Waals surface area contributed by atoms with Gasteiger partial charge >= 0.3 is 5.97 Å². The number of aromatic carboxylic acids is 1. The van der Waals surface area contributed by atoms with E-state index in [1.807, 2.05) is 31.2 Å². The number of benzene rings is 2. The Labute approximate surface area is 121 Å². The van der Waals surface area contributed by atoms with Crippen molar-refractivity contribution in [3.05, 3.63) is 65.9 Å². The third-order valence-corrected chi connectivity index (χ3v) is 3.20. The molecule has 3 aromatic rings. The number of nitrogens with zero attached hydrogens (tertiary/aromatic N) is 3. The van der Waals surface area contributed by atoms with Crippen LogP contribution in [0.15, 0.2) is 54.7 Å². The maximum atomic E-state index is 11.0. The summed E-state index contributed by atoms with van der Waals surface area (Å²) in [6.07, 6.45) is 1.78. The lowest BCUT2D eigenvalue weighted by Gasteiger charge is -2.01. The first kappa shape index (κ1) is 13.1. The Hall–Kier alpha value is -2.95. The highest BCUT2D eigenvalue weighted by atomic mass is 16.4. The zero-order valence-electron chi connectivity index (χ0n) is 11.4. The summed E-state index contributed by atoms with van der Waals surface area (Å²) in [6.45, 7) is 2.03. The molecular weight excluding hydrogens is 266 g/mol. The van der Waals surface area contributed by atoms with Crippen LogP contribution in [0.1, 0.15) is 15.9 Å². The van der Waals surface area contributed by atoms with E-state index in [0.717, 1.165) is 11.3 Å². The van der Waals surface area contributed by atoms with Crippen molar-refractivity contribution in [3.63, 3.8) is 0 Å². The van der Waals surface area contributed by atoms with Crippen LogP contribution in [0.4, 0.5) is 0 Å². The van der Waals surface area contributed by atoms with Crippen molar-refractivity contribution in [1.29, 1.82) is 0 Å². The average molecular weight is 279 g/mol. The second-order valence-corrected chi connectivity index (χ2v) is 4.77. The van der Waals surface area contributed by atoms with Gasteiger partial charge in [0.1, 0.15) is 5.69 Å². The van der Waals surface area contributed by atoms with E-state index >= 15 is 0 Å². The molecule has 0 amide bonds. The average Bonchev–Trinajstić information content (AvgIpc) is 2.98. The van der Waals surface area contributed by atoms with Crippen LogP contribution in [0.25, 0.3) is 16.9 Å². The Morgan fingerprint density at radius 1 is 1.14 bits per heavy atom. The molecule has 0 radical (unpaired) electrons. The topological polar surface area (TPSA) is 68.0 Å². The highest BCUT2D eigenvalue weighted by Crippen LogP contribution is 2.18. The molecule has 0 bridgehead atoms. The van der Waals surface area contributed by atoms with Crippen LogP contribution >= 0.6 is 0 Å². The summed E-state index contributed by atoms with van der Waals surface area (Å²) < 4.78 is 1.57. The van der Waals surface area contributed by atoms with Gasteiger partial charge in [-0.25, -0.2) is 9.48 Å².